The molecular weight excluding hydrogens is 300 g/mol. The second kappa shape index (κ2) is 6.10. The molecule has 104 valence electrons. The molecule has 2 nitrogen and oxygen atoms in total. The molecule has 0 bridgehead atoms. The minimum Gasteiger partial charge on any atom is -0.347 e. The van der Waals surface area contributed by atoms with E-state index in [1.807, 2.05) is 0 Å². The molecule has 1 aromatic heterocycles. The molecular formula is C16H23BrN2. The molecule has 0 atom stereocenters. The van der Waals surface area contributed by atoms with Crippen LogP contribution in [0.25, 0.3) is 10.9 Å². The summed E-state index contributed by atoms with van der Waals surface area (Å²) >= 11 is 3.60. The van der Waals surface area contributed by atoms with Gasteiger partial charge in [-0.15, -0.1) is 0 Å². The van der Waals surface area contributed by atoms with Gasteiger partial charge in [-0.05, 0) is 58.4 Å². The molecule has 0 aliphatic rings. The molecule has 3 heteroatoms. The average molecular weight is 323 g/mol. The number of fused-ring (bicyclic) bond motifs is 1. The van der Waals surface area contributed by atoms with Crippen molar-refractivity contribution in [3.63, 3.8) is 0 Å². The highest BCUT2D eigenvalue weighted by atomic mass is 79.9. The predicted molar refractivity (Wildman–Crippen MR) is 86.6 cm³/mol. The zero-order chi connectivity index (χ0) is 13.9. The molecule has 0 aliphatic heterocycles. The number of aromatic nitrogens is 1. The van der Waals surface area contributed by atoms with Crippen LogP contribution in [-0.4, -0.2) is 16.7 Å². The van der Waals surface area contributed by atoms with Gasteiger partial charge in [-0.1, -0.05) is 22.0 Å². The number of benzene rings is 1. The van der Waals surface area contributed by atoms with Crippen LogP contribution in [-0.2, 0) is 6.54 Å². The molecule has 2 rings (SSSR count). The molecule has 0 saturated carbocycles. The molecule has 1 N–H and O–H groups in total. The van der Waals surface area contributed by atoms with Crippen LogP contribution < -0.4 is 5.32 Å². The Morgan fingerprint density at radius 3 is 2.68 bits per heavy atom. The third kappa shape index (κ3) is 4.08. The van der Waals surface area contributed by atoms with Crippen LogP contribution in [0.5, 0.6) is 0 Å². The highest BCUT2D eigenvalue weighted by Gasteiger charge is 2.07. The Labute approximate surface area is 124 Å². The number of hydrogen-bond acceptors (Lipinski definition) is 1. The van der Waals surface area contributed by atoms with Crippen LogP contribution in [0.1, 0.15) is 33.6 Å². The fourth-order valence-corrected chi connectivity index (χ4v) is 2.74. The van der Waals surface area contributed by atoms with Gasteiger partial charge in [-0.25, -0.2) is 0 Å². The molecule has 0 fully saturated rings. The van der Waals surface area contributed by atoms with Crippen molar-refractivity contribution in [3.8, 4) is 0 Å². The van der Waals surface area contributed by atoms with E-state index in [0.29, 0.717) is 0 Å². The van der Waals surface area contributed by atoms with E-state index < -0.39 is 0 Å². The minimum absolute atomic E-state index is 0.227. The third-order valence-electron chi connectivity index (χ3n) is 3.24. The molecule has 0 radical (unpaired) electrons. The molecule has 0 spiro atoms. The number of halogens is 1. The fraction of sp³-hybridized carbons (Fsp3) is 0.500. The van der Waals surface area contributed by atoms with Gasteiger partial charge in [0.05, 0.1) is 0 Å². The van der Waals surface area contributed by atoms with Gasteiger partial charge in [0.15, 0.2) is 0 Å². The number of nitrogens with one attached hydrogen (secondary N) is 1. The van der Waals surface area contributed by atoms with Crippen LogP contribution in [0.15, 0.2) is 34.9 Å². The van der Waals surface area contributed by atoms with E-state index in [9.17, 15) is 0 Å². The number of aryl methyl sites for hydroxylation is 1. The Hall–Kier alpha value is -0.800. The number of nitrogens with zero attached hydrogens (tertiary/aromatic N) is 1. The Morgan fingerprint density at radius 1 is 1.16 bits per heavy atom. The first kappa shape index (κ1) is 14.6. The predicted octanol–water partition coefficient (Wildman–Crippen LogP) is 4.57. The third-order valence-corrected chi connectivity index (χ3v) is 3.93. The molecule has 1 aromatic carbocycles. The Morgan fingerprint density at radius 2 is 1.95 bits per heavy atom. The van der Waals surface area contributed by atoms with Crippen LogP contribution in [0.3, 0.4) is 0 Å². The van der Waals surface area contributed by atoms with E-state index in [4.69, 9.17) is 0 Å². The average Bonchev–Trinajstić information content (AvgIpc) is 2.72. The molecule has 2 aromatic rings. The first-order chi connectivity index (χ1) is 8.97. The maximum atomic E-state index is 3.60. The van der Waals surface area contributed by atoms with Crippen molar-refractivity contribution in [2.75, 3.05) is 6.54 Å². The van der Waals surface area contributed by atoms with E-state index >= 15 is 0 Å². The van der Waals surface area contributed by atoms with Gasteiger partial charge in [0.1, 0.15) is 0 Å². The second-order valence-electron chi connectivity index (χ2n) is 6.07. The van der Waals surface area contributed by atoms with Gasteiger partial charge in [-0.2, -0.15) is 0 Å². The highest BCUT2D eigenvalue weighted by molar-refractivity contribution is 9.10. The molecule has 19 heavy (non-hydrogen) atoms. The maximum Gasteiger partial charge on any atom is 0.0491 e. The van der Waals surface area contributed by atoms with Crippen LogP contribution >= 0.6 is 15.9 Å². The Kier molecular flexibility index (Phi) is 4.69. The summed E-state index contributed by atoms with van der Waals surface area (Å²) in [5.74, 6) is 0. The molecule has 0 saturated heterocycles. The number of rotatable bonds is 5. The summed E-state index contributed by atoms with van der Waals surface area (Å²) in [6.07, 6.45) is 4.61. The highest BCUT2D eigenvalue weighted by Crippen LogP contribution is 2.24. The number of hydrogen-bond donors (Lipinski definition) is 1. The molecule has 0 aliphatic carbocycles. The monoisotopic (exact) mass is 322 g/mol. The van der Waals surface area contributed by atoms with Crippen molar-refractivity contribution in [1.29, 1.82) is 0 Å². The summed E-state index contributed by atoms with van der Waals surface area (Å²) in [6, 6.07) is 8.57. The van der Waals surface area contributed by atoms with Crippen molar-refractivity contribution in [1.82, 2.24) is 9.88 Å². The largest absolute Gasteiger partial charge is 0.347 e. The van der Waals surface area contributed by atoms with E-state index in [2.05, 4.69) is 77.0 Å². The van der Waals surface area contributed by atoms with Gasteiger partial charge < -0.3 is 9.88 Å². The first-order valence-electron chi connectivity index (χ1n) is 6.96. The van der Waals surface area contributed by atoms with Crippen molar-refractivity contribution in [2.45, 2.75) is 45.7 Å². The zero-order valence-corrected chi connectivity index (χ0v) is 13.6. The van der Waals surface area contributed by atoms with Gasteiger partial charge in [0.25, 0.3) is 0 Å². The first-order valence-corrected chi connectivity index (χ1v) is 7.75. The lowest BCUT2D eigenvalue weighted by Gasteiger charge is -2.20. The topological polar surface area (TPSA) is 17.0 Å². The smallest absolute Gasteiger partial charge is 0.0491 e. The van der Waals surface area contributed by atoms with Crippen LogP contribution in [0.4, 0.5) is 0 Å². The maximum absolute atomic E-state index is 3.60. The van der Waals surface area contributed by atoms with E-state index in [1.165, 1.54) is 28.2 Å². The van der Waals surface area contributed by atoms with Gasteiger partial charge in [0.2, 0.25) is 0 Å². The summed E-state index contributed by atoms with van der Waals surface area (Å²) in [5.41, 5.74) is 1.54. The quantitative estimate of drug-likeness (QED) is 0.798. The van der Waals surface area contributed by atoms with Crippen LogP contribution in [0.2, 0.25) is 0 Å². The Balaban J connectivity index is 1.87. The Bertz CT molecular complexity index is 537. The van der Waals surface area contributed by atoms with Crippen molar-refractivity contribution < 1.29 is 0 Å². The summed E-state index contributed by atoms with van der Waals surface area (Å²) in [5, 5.41) is 4.83. The van der Waals surface area contributed by atoms with Gasteiger partial charge >= 0.3 is 0 Å². The van der Waals surface area contributed by atoms with Crippen molar-refractivity contribution >= 4 is 26.8 Å². The summed E-state index contributed by atoms with van der Waals surface area (Å²) in [6.45, 7) is 8.82. The second-order valence-corrected chi connectivity index (χ2v) is 6.92. The van der Waals surface area contributed by atoms with E-state index in [1.54, 1.807) is 0 Å². The van der Waals surface area contributed by atoms with Gasteiger partial charge in [0, 0.05) is 33.7 Å². The van der Waals surface area contributed by atoms with Crippen molar-refractivity contribution in [2.24, 2.45) is 0 Å². The van der Waals surface area contributed by atoms with E-state index in [-0.39, 0.29) is 5.54 Å². The normalized spacial score (nSPS) is 12.2. The fourth-order valence-electron chi connectivity index (χ4n) is 2.25. The van der Waals surface area contributed by atoms with Crippen LogP contribution in [0, 0.1) is 0 Å². The lowest BCUT2D eigenvalue weighted by Crippen LogP contribution is -2.36. The SMILES string of the molecule is CC(C)(C)NCCCCn1ccc2c(Br)cccc21. The lowest BCUT2D eigenvalue weighted by molar-refractivity contribution is 0.415. The zero-order valence-electron chi connectivity index (χ0n) is 12.0. The number of unbranched alkanes of at least 4 members (excludes halogenated alkanes) is 1. The standard InChI is InChI=1S/C16H23BrN2/c1-16(2,3)18-10-4-5-11-19-12-9-13-14(17)7-6-8-15(13)19/h6-9,12,18H,4-5,10-11H2,1-3H3. The van der Waals surface area contributed by atoms with Crippen molar-refractivity contribution in [3.05, 3.63) is 34.9 Å². The van der Waals surface area contributed by atoms with Gasteiger partial charge in [-0.3, -0.25) is 0 Å². The minimum atomic E-state index is 0.227. The summed E-state index contributed by atoms with van der Waals surface area (Å²) in [7, 11) is 0. The lowest BCUT2D eigenvalue weighted by atomic mass is 10.1. The molecule has 1 heterocycles. The molecule has 0 amide bonds. The summed E-state index contributed by atoms with van der Waals surface area (Å²) < 4.78 is 3.52. The van der Waals surface area contributed by atoms with E-state index in [0.717, 1.165) is 13.1 Å². The summed E-state index contributed by atoms with van der Waals surface area (Å²) in [4.78, 5) is 0. The molecule has 0 unspecified atom stereocenters.